The van der Waals surface area contributed by atoms with E-state index in [-0.39, 0.29) is 11.5 Å². The van der Waals surface area contributed by atoms with Crippen LogP contribution in [0.5, 0.6) is 17.2 Å². The molecule has 0 aromatic heterocycles. The molecule has 0 amide bonds. The van der Waals surface area contributed by atoms with E-state index in [0.717, 1.165) is 16.7 Å². The van der Waals surface area contributed by atoms with Crippen LogP contribution in [-0.4, -0.2) is 17.3 Å². The zero-order valence-corrected chi connectivity index (χ0v) is 9.77. The smallest absolute Gasteiger partial charge is 0.161 e. The molecule has 0 bridgehead atoms. The van der Waals surface area contributed by atoms with E-state index in [9.17, 15) is 10.2 Å². The summed E-state index contributed by atoms with van der Waals surface area (Å²) in [7, 11) is 1.51. The van der Waals surface area contributed by atoms with Gasteiger partial charge >= 0.3 is 0 Å². The van der Waals surface area contributed by atoms with Gasteiger partial charge in [0.15, 0.2) is 11.5 Å². The molecule has 2 aromatic carbocycles. The third-order valence-electron chi connectivity index (χ3n) is 2.71. The SMILES string of the molecule is COc1cc(-c2cc(O)ccc2C)ccc1O. The van der Waals surface area contributed by atoms with Crippen molar-refractivity contribution in [3.05, 3.63) is 42.0 Å². The minimum atomic E-state index is 0.106. The molecule has 0 aliphatic rings. The van der Waals surface area contributed by atoms with Crippen LogP contribution in [0.3, 0.4) is 0 Å². The number of aryl methyl sites for hydroxylation is 1. The molecular formula is C14H14O3. The first kappa shape index (κ1) is 11.3. The molecule has 0 spiro atoms. The van der Waals surface area contributed by atoms with E-state index in [2.05, 4.69) is 0 Å². The highest BCUT2D eigenvalue weighted by Gasteiger charge is 2.07. The second-order valence-electron chi connectivity index (χ2n) is 3.89. The van der Waals surface area contributed by atoms with Crippen molar-refractivity contribution < 1.29 is 14.9 Å². The lowest BCUT2D eigenvalue weighted by Crippen LogP contribution is -1.87. The number of rotatable bonds is 2. The van der Waals surface area contributed by atoms with Gasteiger partial charge in [0.1, 0.15) is 5.75 Å². The van der Waals surface area contributed by atoms with Gasteiger partial charge in [-0.15, -0.1) is 0 Å². The Bertz CT molecular complexity index is 547. The number of hydrogen-bond acceptors (Lipinski definition) is 3. The van der Waals surface area contributed by atoms with Crippen LogP contribution in [0.4, 0.5) is 0 Å². The van der Waals surface area contributed by atoms with Gasteiger partial charge in [-0.2, -0.15) is 0 Å². The summed E-state index contributed by atoms with van der Waals surface area (Å²) in [6.07, 6.45) is 0. The van der Waals surface area contributed by atoms with Crippen LogP contribution in [0.25, 0.3) is 11.1 Å². The molecule has 0 unspecified atom stereocenters. The van der Waals surface area contributed by atoms with Gasteiger partial charge in [0, 0.05) is 0 Å². The van der Waals surface area contributed by atoms with Crippen LogP contribution in [0.2, 0.25) is 0 Å². The second kappa shape index (κ2) is 4.37. The highest BCUT2D eigenvalue weighted by atomic mass is 16.5. The molecule has 17 heavy (non-hydrogen) atoms. The highest BCUT2D eigenvalue weighted by Crippen LogP contribution is 2.34. The molecule has 2 aromatic rings. The van der Waals surface area contributed by atoms with Crippen LogP contribution < -0.4 is 4.74 Å². The van der Waals surface area contributed by atoms with Crippen molar-refractivity contribution in [1.29, 1.82) is 0 Å². The number of hydrogen-bond donors (Lipinski definition) is 2. The standard InChI is InChI=1S/C14H14O3/c1-9-3-5-11(15)8-12(9)10-4-6-13(16)14(7-10)17-2/h3-8,15-16H,1-2H3. The van der Waals surface area contributed by atoms with Crippen LogP contribution in [-0.2, 0) is 0 Å². The van der Waals surface area contributed by atoms with Gasteiger partial charge in [-0.25, -0.2) is 0 Å². The normalized spacial score (nSPS) is 10.2. The largest absolute Gasteiger partial charge is 0.508 e. The zero-order chi connectivity index (χ0) is 12.4. The van der Waals surface area contributed by atoms with Crippen molar-refractivity contribution >= 4 is 0 Å². The molecule has 2 N–H and O–H groups in total. The summed E-state index contributed by atoms with van der Waals surface area (Å²) in [5, 5.41) is 19.0. The van der Waals surface area contributed by atoms with Gasteiger partial charge in [-0.3, -0.25) is 0 Å². The Balaban J connectivity index is 2.56. The lowest BCUT2D eigenvalue weighted by Gasteiger charge is -2.09. The summed E-state index contributed by atoms with van der Waals surface area (Å²) in [4.78, 5) is 0. The maximum Gasteiger partial charge on any atom is 0.161 e. The average Bonchev–Trinajstić information content (AvgIpc) is 2.33. The van der Waals surface area contributed by atoms with E-state index in [1.165, 1.54) is 7.11 Å². The number of phenolic OH excluding ortho intramolecular Hbond substituents is 2. The predicted molar refractivity (Wildman–Crippen MR) is 66.5 cm³/mol. The fourth-order valence-electron chi connectivity index (χ4n) is 1.77. The topological polar surface area (TPSA) is 49.7 Å². The maximum absolute atomic E-state index is 9.53. The Morgan fingerprint density at radius 2 is 1.76 bits per heavy atom. The minimum Gasteiger partial charge on any atom is -0.508 e. The first-order chi connectivity index (χ1) is 8.11. The third kappa shape index (κ3) is 2.18. The molecule has 0 saturated heterocycles. The first-order valence-corrected chi connectivity index (χ1v) is 5.29. The van der Waals surface area contributed by atoms with Crippen molar-refractivity contribution in [2.45, 2.75) is 6.92 Å². The summed E-state index contributed by atoms with van der Waals surface area (Å²) in [6, 6.07) is 10.3. The van der Waals surface area contributed by atoms with E-state index in [0.29, 0.717) is 5.75 Å². The van der Waals surface area contributed by atoms with E-state index in [4.69, 9.17) is 4.74 Å². The van der Waals surface area contributed by atoms with Gasteiger partial charge in [0.25, 0.3) is 0 Å². The predicted octanol–water partition coefficient (Wildman–Crippen LogP) is 3.08. The molecule has 0 aliphatic carbocycles. The average molecular weight is 230 g/mol. The summed E-state index contributed by atoms with van der Waals surface area (Å²) < 4.78 is 5.06. The molecule has 0 radical (unpaired) electrons. The monoisotopic (exact) mass is 230 g/mol. The van der Waals surface area contributed by atoms with Gasteiger partial charge in [-0.05, 0) is 47.9 Å². The Morgan fingerprint density at radius 3 is 2.47 bits per heavy atom. The van der Waals surface area contributed by atoms with Gasteiger partial charge in [-0.1, -0.05) is 12.1 Å². The van der Waals surface area contributed by atoms with Crippen molar-refractivity contribution in [3.8, 4) is 28.4 Å². The summed E-state index contributed by atoms with van der Waals surface area (Å²) in [5.74, 6) is 0.747. The molecule has 3 nitrogen and oxygen atoms in total. The van der Waals surface area contributed by atoms with Gasteiger partial charge in [0.05, 0.1) is 7.11 Å². The Labute approximate surface area is 99.9 Å². The van der Waals surface area contributed by atoms with E-state index in [1.54, 1.807) is 30.3 Å². The fourth-order valence-corrected chi connectivity index (χ4v) is 1.77. The van der Waals surface area contributed by atoms with E-state index in [1.807, 2.05) is 13.0 Å². The molecule has 2 rings (SSSR count). The van der Waals surface area contributed by atoms with Crippen molar-refractivity contribution in [1.82, 2.24) is 0 Å². The van der Waals surface area contributed by atoms with Crippen molar-refractivity contribution in [2.24, 2.45) is 0 Å². The number of ether oxygens (including phenoxy) is 1. The Hall–Kier alpha value is -2.16. The molecule has 88 valence electrons. The van der Waals surface area contributed by atoms with Gasteiger partial charge in [0.2, 0.25) is 0 Å². The zero-order valence-electron chi connectivity index (χ0n) is 9.77. The van der Waals surface area contributed by atoms with Gasteiger partial charge < -0.3 is 14.9 Å². The second-order valence-corrected chi connectivity index (χ2v) is 3.89. The Kier molecular flexibility index (Phi) is 2.91. The molecule has 3 heteroatoms. The molecule has 0 heterocycles. The number of phenols is 2. The third-order valence-corrected chi connectivity index (χ3v) is 2.71. The number of methoxy groups -OCH3 is 1. The minimum absolute atomic E-state index is 0.106. The van der Waals surface area contributed by atoms with Crippen molar-refractivity contribution in [2.75, 3.05) is 7.11 Å². The van der Waals surface area contributed by atoms with Crippen LogP contribution >= 0.6 is 0 Å². The lowest BCUT2D eigenvalue weighted by atomic mass is 10.00. The molecule has 0 atom stereocenters. The summed E-state index contributed by atoms with van der Waals surface area (Å²) in [6.45, 7) is 1.97. The van der Waals surface area contributed by atoms with E-state index >= 15 is 0 Å². The number of aromatic hydroxyl groups is 2. The van der Waals surface area contributed by atoms with E-state index < -0.39 is 0 Å². The molecule has 0 fully saturated rings. The quantitative estimate of drug-likeness (QED) is 0.833. The number of benzene rings is 2. The van der Waals surface area contributed by atoms with Crippen LogP contribution in [0, 0.1) is 6.92 Å². The molecular weight excluding hydrogens is 216 g/mol. The molecule has 0 saturated carbocycles. The summed E-state index contributed by atoms with van der Waals surface area (Å²) in [5.41, 5.74) is 2.87. The summed E-state index contributed by atoms with van der Waals surface area (Å²) >= 11 is 0. The van der Waals surface area contributed by atoms with Crippen molar-refractivity contribution in [3.63, 3.8) is 0 Å². The lowest BCUT2D eigenvalue weighted by molar-refractivity contribution is 0.373. The molecule has 0 aliphatic heterocycles. The van der Waals surface area contributed by atoms with Crippen LogP contribution in [0.15, 0.2) is 36.4 Å². The Morgan fingerprint density at radius 1 is 1.00 bits per heavy atom. The van der Waals surface area contributed by atoms with Crippen LogP contribution in [0.1, 0.15) is 5.56 Å². The highest BCUT2D eigenvalue weighted by molar-refractivity contribution is 5.71. The first-order valence-electron chi connectivity index (χ1n) is 5.29. The fraction of sp³-hybridized carbons (Fsp3) is 0.143. The maximum atomic E-state index is 9.53.